The van der Waals surface area contributed by atoms with E-state index in [0.717, 1.165) is 6.04 Å². The van der Waals surface area contributed by atoms with Crippen molar-refractivity contribution in [3.05, 3.63) is 48.5 Å². The zero-order valence-corrected chi connectivity index (χ0v) is 13.9. The number of hydrogen-bond acceptors (Lipinski definition) is 3. The van der Waals surface area contributed by atoms with Crippen LogP contribution in [0.1, 0.15) is 50.6 Å². The largest absolute Gasteiger partial charge is 0.300 e. The Morgan fingerprint density at radius 1 is 1.04 bits per heavy atom. The van der Waals surface area contributed by atoms with Crippen LogP contribution in [0.25, 0.3) is 0 Å². The first-order chi connectivity index (χ1) is 11.2. The number of piperidine rings is 1. The van der Waals surface area contributed by atoms with E-state index in [1.54, 1.807) is 6.33 Å². The molecule has 4 nitrogen and oxygen atoms in total. The van der Waals surface area contributed by atoms with Gasteiger partial charge in [-0.15, -0.1) is 0 Å². The summed E-state index contributed by atoms with van der Waals surface area (Å²) in [5, 5.41) is 4.31. The monoisotopic (exact) mass is 310 g/mol. The Morgan fingerprint density at radius 2 is 1.83 bits per heavy atom. The standard InChI is InChI=1S/C19H26N4/c1-19(16-5-3-2-4-6-16)10-7-18(13-19)22-11-8-17(9-12-22)23-15-20-14-21-23/h2-6,14-15,17-18H,7-13H2,1H3/t18-,19-/m1/s1. The third-order valence-electron chi connectivity index (χ3n) is 6.01. The Morgan fingerprint density at radius 3 is 2.52 bits per heavy atom. The van der Waals surface area contributed by atoms with Gasteiger partial charge >= 0.3 is 0 Å². The van der Waals surface area contributed by atoms with E-state index >= 15 is 0 Å². The lowest BCUT2D eigenvalue weighted by molar-refractivity contribution is 0.129. The molecule has 1 aromatic heterocycles. The number of likely N-dealkylation sites (tertiary alicyclic amines) is 1. The summed E-state index contributed by atoms with van der Waals surface area (Å²) in [6.07, 6.45) is 9.84. The molecule has 2 heterocycles. The van der Waals surface area contributed by atoms with Crippen LogP contribution in [-0.4, -0.2) is 38.8 Å². The van der Waals surface area contributed by atoms with Crippen molar-refractivity contribution < 1.29 is 0 Å². The summed E-state index contributed by atoms with van der Waals surface area (Å²) in [5.74, 6) is 0. The second-order valence-electron chi connectivity index (χ2n) is 7.47. The fraction of sp³-hybridized carbons (Fsp3) is 0.579. The van der Waals surface area contributed by atoms with Gasteiger partial charge in [0.15, 0.2) is 0 Å². The van der Waals surface area contributed by atoms with E-state index in [-0.39, 0.29) is 0 Å². The topological polar surface area (TPSA) is 34.0 Å². The summed E-state index contributed by atoms with van der Waals surface area (Å²) < 4.78 is 2.04. The lowest BCUT2D eigenvalue weighted by atomic mass is 9.81. The van der Waals surface area contributed by atoms with Crippen molar-refractivity contribution in [2.24, 2.45) is 0 Å². The van der Waals surface area contributed by atoms with Crippen molar-refractivity contribution in [2.75, 3.05) is 13.1 Å². The lowest BCUT2D eigenvalue weighted by Crippen LogP contribution is -2.41. The smallest absolute Gasteiger partial charge is 0.137 e. The molecule has 1 aliphatic carbocycles. The van der Waals surface area contributed by atoms with Crippen LogP contribution in [0.15, 0.2) is 43.0 Å². The molecule has 0 unspecified atom stereocenters. The van der Waals surface area contributed by atoms with Crippen LogP contribution in [0.5, 0.6) is 0 Å². The molecule has 1 saturated heterocycles. The maximum Gasteiger partial charge on any atom is 0.137 e. The summed E-state index contributed by atoms with van der Waals surface area (Å²) in [6.45, 7) is 4.84. The minimum absolute atomic E-state index is 0.356. The van der Waals surface area contributed by atoms with Crippen LogP contribution in [-0.2, 0) is 5.41 Å². The predicted octanol–water partition coefficient (Wildman–Crippen LogP) is 3.43. The molecule has 2 fully saturated rings. The van der Waals surface area contributed by atoms with Crippen LogP contribution in [0.3, 0.4) is 0 Å². The van der Waals surface area contributed by atoms with E-state index in [9.17, 15) is 0 Å². The summed E-state index contributed by atoms with van der Waals surface area (Å²) in [6, 6.07) is 12.4. The maximum atomic E-state index is 4.31. The van der Waals surface area contributed by atoms with Gasteiger partial charge in [0.05, 0.1) is 6.04 Å². The summed E-state index contributed by atoms with van der Waals surface area (Å²) in [5.41, 5.74) is 1.87. The highest BCUT2D eigenvalue weighted by Gasteiger charge is 2.39. The number of hydrogen-bond donors (Lipinski definition) is 0. The zero-order chi connectivity index (χ0) is 15.7. The van der Waals surface area contributed by atoms with E-state index in [0.29, 0.717) is 11.5 Å². The van der Waals surface area contributed by atoms with Crippen LogP contribution in [0.4, 0.5) is 0 Å². The van der Waals surface area contributed by atoms with Gasteiger partial charge in [-0.25, -0.2) is 9.67 Å². The predicted molar refractivity (Wildman–Crippen MR) is 91.3 cm³/mol. The molecule has 0 amide bonds. The van der Waals surface area contributed by atoms with E-state index in [4.69, 9.17) is 0 Å². The summed E-state index contributed by atoms with van der Waals surface area (Å²) >= 11 is 0. The third-order valence-corrected chi connectivity index (χ3v) is 6.01. The van der Waals surface area contributed by atoms with Crippen LogP contribution in [0.2, 0.25) is 0 Å². The molecular weight excluding hydrogens is 284 g/mol. The van der Waals surface area contributed by atoms with Gasteiger partial charge in [0.2, 0.25) is 0 Å². The van der Waals surface area contributed by atoms with E-state index in [2.05, 4.69) is 52.2 Å². The number of rotatable bonds is 3. The minimum atomic E-state index is 0.356. The quantitative estimate of drug-likeness (QED) is 0.871. The van der Waals surface area contributed by atoms with Gasteiger partial charge in [-0.2, -0.15) is 5.10 Å². The average Bonchev–Trinajstić information content (AvgIpc) is 3.27. The van der Waals surface area contributed by atoms with Crippen LogP contribution >= 0.6 is 0 Å². The lowest BCUT2D eigenvalue weighted by Gasteiger charge is -2.36. The minimum Gasteiger partial charge on any atom is -0.300 e. The number of aromatic nitrogens is 3. The van der Waals surface area contributed by atoms with E-state index in [1.807, 2.05) is 11.0 Å². The molecule has 0 bridgehead atoms. The Balaban J connectivity index is 1.38. The van der Waals surface area contributed by atoms with Gasteiger partial charge in [0, 0.05) is 19.1 Å². The first kappa shape index (κ1) is 14.9. The van der Waals surface area contributed by atoms with Crippen molar-refractivity contribution >= 4 is 0 Å². The van der Waals surface area contributed by atoms with Crippen molar-refractivity contribution in [3.63, 3.8) is 0 Å². The van der Waals surface area contributed by atoms with Crippen molar-refractivity contribution in [2.45, 2.75) is 56.5 Å². The van der Waals surface area contributed by atoms with Gasteiger partial charge in [-0.3, -0.25) is 0 Å². The maximum absolute atomic E-state index is 4.31. The average molecular weight is 310 g/mol. The van der Waals surface area contributed by atoms with Crippen molar-refractivity contribution in [1.29, 1.82) is 0 Å². The molecule has 0 radical (unpaired) electrons. The molecule has 2 atom stereocenters. The molecule has 0 spiro atoms. The van der Waals surface area contributed by atoms with Gasteiger partial charge in [-0.05, 0) is 43.1 Å². The summed E-state index contributed by atoms with van der Waals surface area (Å²) in [7, 11) is 0. The second-order valence-corrected chi connectivity index (χ2v) is 7.47. The van der Waals surface area contributed by atoms with Crippen molar-refractivity contribution in [1.82, 2.24) is 19.7 Å². The molecule has 2 aromatic rings. The Labute approximate surface area is 138 Å². The highest BCUT2D eigenvalue weighted by molar-refractivity contribution is 5.26. The summed E-state index contributed by atoms with van der Waals surface area (Å²) in [4.78, 5) is 6.81. The molecule has 1 aliphatic heterocycles. The molecule has 1 saturated carbocycles. The Bertz CT molecular complexity index is 616. The first-order valence-electron chi connectivity index (χ1n) is 8.88. The molecule has 4 rings (SSSR count). The molecule has 2 aliphatic rings. The number of benzene rings is 1. The van der Waals surface area contributed by atoms with Crippen LogP contribution in [0, 0.1) is 0 Å². The first-order valence-corrected chi connectivity index (χ1v) is 8.88. The van der Waals surface area contributed by atoms with E-state index < -0.39 is 0 Å². The highest BCUT2D eigenvalue weighted by Crippen LogP contribution is 2.43. The molecule has 1 aromatic carbocycles. The fourth-order valence-corrected chi connectivity index (χ4v) is 4.55. The third kappa shape index (κ3) is 2.92. The highest BCUT2D eigenvalue weighted by atomic mass is 15.3. The fourth-order valence-electron chi connectivity index (χ4n) is 4.55. The van der Waals surface area contributed by atoms with E-state index in [1.165, 1.54) is 50.8 Å². The Kier molecular flexibility index (Phi) is 3.93. The van der Waals surface area contributed by atoms with Gasteiger partial charge in [-0.1, -0.05) is 37.3 Å². The molecule has 0 N–H and O–H groups in total. The van der Waals surface area contributed by atoms with Gasteiger partial charge in [0.25, 0.3) is 0 Å². The molecular formula is C19H26N4. The second kappa shape index (κ2) is 6.08. The van der Waals surface area contributed by atoms with Crippen molar-refractivity contribution in [3.8, 4) is 0 Å². The van der Waals surface area contributed by atoms with Crippen LogP contribution < -0.4 is 0 Å². The SMILES string of the molecule is C[C@@]1(c2ccccc2)CC[C@@H](N2CCC(n3cncn3)CC2)C1. The molecule has 4 heteroatoms. The van der Waals surface area contributed by atoms with Gasteiger partial charge in [0.1, 0.15) is 12.7 Å². The Hall–Kier alpha value is -1.68. The number of nitrogens with zero attached hydrogens (tertiary/aromatic N) is 4. The molecule has 122 valence electrons. The molecule has 23 heavy (non-hydrogen) atoms. The zero-order valence-electron chi connectivity index (χ0n) is 13.9. The normalized spacial score (nSPS) is 29.9. The van der Waals surface area contributed by atoms with Gasteiger partial charge < -0.3 is 4.90 Å².